The van der Waals surface area contributed by atoms with E-state index in [1.54, 1.807) is 12.1 Å². The Labute approximate surface area is 300 Å². The molecule has 8 heteroatoms. The van der Waals surface area contributed by atoms with Crippen molar-refractivity contribution in [2.75, 3.05) is 44.2 Å². The molecule has 3 atom stereocenters. The van der Waals surface area contributed by atoms with E-state index in [1.807, 2.05) is 18.2 Å². The molecule has 0 saturated carbocycles. The molecule has 8 rings (SSSR count). The van der Waals surface area contributed by atoms with Crippen LogP contribution in [-0.4, -0.2) is 72.0 Å². The number of hydrogen-bond acceptors (Lipinski definition) is 6. The molecule has 3 aliphatic heterocycles. The summed E-state index contributed by atoms with van der Waals surface area (Å²) in [5, 5.41) is 12.5. The van der Waals surface area contributed by atoms with Crippen LogP contribution in [0.2, 0.25) is 0 Å². The van der Waals surface area contributed by atoms with Gasteiger partial charge in [-0.1, -0.05) is 60.7 Å². The smallest absolute Gasteiger partial charge is 0.234 e. The number of aryl methyl sites for hydroxylation is 1. The molecule has 4 aromatic rings. The lowest BCUT2D eigenvalue weighted by Crippen LogP contribution is -2.53. The summed E-state index contributed by atoms with van der Waals surface area (Å²) < 4.78 is 15.1. The fourth-order valence-corrected chi connectivity index (χ4v) is 9.15. The Bertz CT molecular complexity index is 1870. The van der Waals surface area contributed by atoms with E-state index in [0.29, 0.717) is 36.2 Å². The van der Waals surface area contributed by atoms with Gasteiger partial charge in [0.05, 0.1) is 5.92 Å². The van der Waals surface area contributed by atoms with Crippen molar-refractivity contribution in [2.24, 2.45) is 0 Å². The molecule has 3 heterocycles. The van der Waals surface area contributed by atoms with Gasteiger partial charge < -0.3 is 10.0 Å². The first-order chi connectivity index (χ1) is 24.9. The zero-order valence-corrected chi connectivity index (χ0v) is 29.1. The number of rotatable bonds is 7. The predicted octanol–water partition coefficient (Wildman–Crippen LogP) is 6.70. The maximum atomic E-state index is 15.1. The largest absolute Gasteiger partial charge is 0.508 e. The third-order valence-corrected chi connectivity index (χ3v) is 11.9. The minimum Gasteiger partial charge on any atom is -0.508 e. The molecule has 51 heavy (non-hydrogen) atoms. The SMILES string of the molecule is O=C1CCC(c2ccc(CN3CCN(C4CCN(c5ccc([C@H]6c7ccc(O)cc7CC[C@H]6c6ccccc6)cc5)CC4)CC3)cc2F)C(=O)N1. The summed E-state index contributed by atoms with van der Waals surface area (Å²) in [6.07, 6.45) is 4.92. The lowest BCUT2D eigenvalue weighted by atomic mass is 9.69. The number of hydrogen-bond donors (Lipinski definition) is 2. The van der Waals surface area contributed by atoms with E-state index in [4.69, 9.17) is 0 Å². The number of carbonyl (C=O) groups is 2. The third kappa shape index (κ3) is 7.17. The highest BCUT2D eigenvalue weighted by atomic mass is 19.1. The molecule has 0 spiro atoms. The Morgan fingerprint density at radius 2 is 1.47 bits per heavy atom. The number of amides is 2. The van der Waals surface area contributed by atoms with Crippen molar-refractivity contribution in [1.29, 1.82) is 0 Å². The molecule has 2 amide bonds. The van der Waals surface area contributed by atoms with Crippen molar-refractivity contribution >= 4 is 17.5 Å². The summed E-state index contributed by atoms with van der Waals surface area (Å²) in [5.41, 5.74) is 7.88. The van der Waals surface area contributed by atoms with Gasteiger partial charge in [-0.25, -0.2) is 4.39 Å². The van der Waals surface area contributed by atoms with Gasteiger partial charge in [0.1, 0.15) is 11.6 Å². The number of phenolic OH excluding ortho intramolecular Hbond substituents is 1. The van der Waals surface area contributed by atoms with Crippen LogP contribution in [0, 0.1) is 5.82 Å². The topological polar surface area (TPSA) is 76.1 Å². The molecule has 0 radical (unpaired) electrons. The summed E-state index contributed by atoms with van der Waals surface area (Å²) in [7, 11) is 0. The fraction of sp³-hybridized carbons (Fsp3) is 0.395. The summed E-state index contributed by atoms with van der Waals surface area (Å²) >= 11 is 0. The Hall–Kier alpha value is -4.53. The molecule has 7 nitrogen and oxygen atoms in total. The van der Waals surface area contributed by atoms with E-state index >= 15 is 4.39 Å². The molecule has 3 fully saturated rings. The Kier molecular flexibility index (Phi) is 9.62. The van der Waals surface area contributed by atoms with Crippen molar-refractivity contribution in [3.63, 3.8) is 0 Å². The van der Waals surface area contributed by atoms with Crippen molar-refractivity contribution < 1.29 is 19.1 Å². The van der Waals surface area contributed by atoms with Gasteiger partial charge in [0, 0.05) is 75.4 Å². The summed E-state index contributed by atoms with van der Waals surface area (Å²) in [4.78, 5) is 31.3. The number of fused-ring (bicyclic) bond motifs is 1. The van der Waals surface area contributed by atoms with E-state index in [1.165, 1.54) is 27.9 Å². The number of aromatic hydroxyl groups is 1. The lowest BCUT2D eigenvalue weighted by molar-refractivity contribution is -0.134. The van der Waals surface area contributed by atoms with Gasteiger partial charge in [0.25, 0.3) is 0 Å². The quantitative estimate of drug-likeness (QED) is 0.211. The minimum absolute atomic E-state index is 0.244. The molecule has 0 bridgehead atoms. The number of carbonyl (C=O) groups excluding carboxylic acids is 2. The van der Waals surface area contributed by atoms with E-state index < -0.39 is 11.8 Å². The Morgan fingerprint density at radius 1 is 0.725 bits per heavy atom. The van der Waals surface area contributed by atoms with Crippen LogP contribution in [0.25, 0.3) is 0 Å². The van der Waals surface area contributed by atoms with Crippen LogP contribution in [-0.2, 0) is 22.6 Å². The first-order valence-corrected chi connectivity index (χ1v) is 18.7. The summed E-state index contributed by atoms with van der Waals surface area (Å²) in [6.45, 7) is 6.70. The van der Waals surface area contributed by atoms with E-state index in [0.717, 1.165) is 70.5 Å². The van der Waals surface area contributed by atoms with Crippen LogP contribution in [0.5, 0.6) is 5.75 Å². The number of benzene rings is 4. The number of imide groups is 1. The highest BCUT2D eigenvalue weighted by Gasteiger charge is 2.33. The van der Waals surface area contributed by atoms with Crippen LogP contribution in [0.15, 0.2) is 91.0 Å². The monoisotopic (exact) mass is 686 g/mol. The van der Waals surface area contributed by atoms with Gasteiger partial charge in [-0.15, -0.1) is 0 Å². The molecule has 2 N–H and O–H groups in total. The second-order valence-corrected chi connectivity index (χ2v) is 14.9. The van der Waals surface area contributed by atoms with Crippen LogP contribution >= 0.6 is 0 Å². The van der Waals surface area contributed by atoms with Gasteiger partial charge in [0.15, 0.2) is 0 Å². The van der Waals surface area contributed by atoms with Crippen molar-refractivity contribution in [3.05, 3.63) is 130 Å². The lowest BCUT2D eigenvalue weighted by Gasteiger charge is -2.43. The standard InChI is InChI=1S/C43H47FN4O3/c44-40-26-29(6-13-38(40)39-16-17-41(50)45-43(39)51)28-46-22-24-48(25-23-46)34-18-20-47(21-19-34)33-10-7-31(8-11-33)42-36(30-4-2-1-3-5-30)14-9-32-27-35(49)12-15-37(32)42/h1-8,10-13,15,26-27,34,36,39,42,49H,9,14,16-25,28H2,(H,45,50,51)/t36-,39?,42+/m0/s1. The number of anilines is 1. The van der Waals surface area contributed by atoms with Crippen molar-refractivity contribution in [1.82, 2.24) is 15.1 Å². The first-order valence-electron chi connectivity index (χ1n) is 18.7. The van der Waals surface area contributed by atoms with Gasteiger partial charge in [-0.05, 0) is 96.2 Å². The molecule has 4 aliphatic rings. The highest BCUT2D eigenvalue weighted by molar-refractivity contribution is 6.00. The van der Waals surface area contributed by atoms with Gasteiger partial charge >= 0.3 is 0 Å². The zero-order valence-electron chi connectivity index (χ0n) is 29.1. The highest BCUT2D eigenvalue weighted by Crippen LogP contribution is 2.47. The molecule has 264 valence electrons. The minimum atomic E-state index is -0.601. The molecule has 1 aliphatic carbocycles. The van der Waals surface area contributed by atoms with Crippen molar-refractivity contribution in [3.8, 4) is 5.75 Å². The second kappa shape index (κ2) is 14.6. The van der Waals surface area contributed by atoms with Gasteiger partial charge in [-0.3, -0.25) is 24.7 Å². The number of phenols is 1. The van der Waals surface area contributed by atoms with Gasteiger partial charge in [-0.2, -0.15) is 0 Å². The van der Waals surface area contributed by atoms with Crippen LogP contribution < -0.4 is 10.2 Å². The van der Waals surface area contributed by atoms with E-state index in [9.17, 15) is 14.7 Å². The maximum Gasteiger partial charge on any atom is 0.234 e. The zero-order chi connectivity index (χ0) is 34.9. The average Bonchev–Trinajstić information content (AvgIpc) is 3.16. The molecular weight excluding hydrogens is 639 g/mol. The first kappa shape index (κ1) is 33.6. The molecule has 3 saturated heterocycles. The molecular formula is C43H47FN4O3. The number of halogens is 1. The average molecular weight is 687 g/mol. The number of nitrogens with zero attached hydrogens (tertiary/aromatic N) is 3. The van der Waals surface area contributed by atoms with E-state index in [2.05, 4.69) is 80.7 Å². The van der Waals surface area contributed by atoms with E-state index in [-0.39, 0.29) is 24.1 Å². The maximum absolute atomic E-state index is 15.1. The summed E-state index contributed by atoms with van der Waals surface area (Å²) in [6, 6.07) is 31.9. The Balaban J connectivity index is 0.852. The summed E-state index contributed by atoms with van der Waals surface area (Å²) in [5.74, 6) is -0.651. The fourth-order valence-electron chi connectivity index (χ4n) is 9.15. The molecule has 0 aromatic heterocycles. The number of piperidine rings is 2. The van der Waals surface area contributed by atoms with Gasteiger partial charge in [0.2, 0.25) is 11.8 Å². The third-order valence-electron chi connectivity index (χ3n) is 11.9. The van der Waals surface area contributed by atoms with Crippen LogP contribution in [0.3, 0.4) is 0 Å². The van der Waals surface area contributed by atoms with Crippen LogP contribution in [0.1, 0.15) is 83.2 Å². The van der Waals surface area contributed by atoms with Crippen molar-refractivity contribution in [2.45, 2.75) is 68.9 Å². The molecule has 4 aromatic carbocycles. The number of nitrogens with one attached hydrogen (secondary N) is 1. The normalized spacial score (nSPS) is 23.5. The predicted molar refractivity (Wildman–Crippen MR) is 198 cm³/mol. The second-order valence-electron chi connectivity index (χ2n) is 14.9. The Morgan fingerprint density at radius 3 is 2.20 bits per heavy atom. The molecule has 1 unspecified atom stereocenters. The number of piperazine rings is 1. The van der Waals surface area contributed by atoms with Crippen LogP contribution in [0.4, 0.5) is 10.1 Å².